The van der Waals surface area contributed by atoms with Crippen molar-refractivity contribution in [3.63, 3.8) is 0 Å². The van der Waals surface area contributed by atoms with Gasteiger partial charge in [-0.25, -0.2) is 0 Å². The van der Waals surface area contributed by atoms with E-state index in [0.717, 1.165) is 42.3 Å². The monoisotopic (exact) mass is 605 g/mol. The van der Waals surface area contributed by atoms with E-state index in [0.29, 0.717) is 12.6 Å². The van der Waals surface area contributed by atoms with Crippen LogP contribution in [0.5, 0.6) is 11.5 Å². The fraction of sp³-hybridized carbons (Fsp3) is 0.568. The van der Waals surface area contributed by atoms with Crippen molar-refractivity contribution >= 4 is 23.2 Å². The fourth-order valence-electron chi connectivity index (χ4n) is 9.17. The molecular formula is C37H48ClNO4. The molecule has 3 aromatic carbocycles. The first kappa shape index (κ1) is 30.7. The third-order valence-corrected chi connectivity index (χ3v) is 10.8. The lowest BCUT2D eigenvalue weighted by Gasteiger charge is -2.57. The number of hydrogen-bond acceptors (Lipinski definition) is 5. The molecule has 0 radical (unpaired) electrons. The zero-order chi connectivity index (χ0) is 28.5. The minimum Gasteiger partial charge on any atom is -0.492 e. The van der Waals surface area contributed by atoms with Crippen LogP contribution in [0.1, 0.15) is 81.9 Å². The molecule has 2 unspecified atom stereocenters. The average molecular weight is 606 g/mol. The zero-order valence-corrected chi connectivity index (χ0v) is 26.7. The number of methoxy groups -OCH3 is 1. The summed E-state index contributed by atoms with van der Waals surface area (Å²) in [7, 11) is 1.67. The molecule has 1 saturated heterocycles. The largest absolute Gasteiger partial charge is 0.492 e. The molecule has 0 amide bonds. The number of para-hydroxylation sites is 1. The summed E-state index contributed by atoms with van der Waals surface area (Å²) in [5.41, 5.74) is 3.10. The van der Waals surface area contributed by atoms with Crippen molar-refractivity contribution < 1.29 is 18.9 Å². The molecule has 3 aromatic rings. The molecule has 5 aliphatic rings. The van der Waals surface area contributed by atoms with Crippen LogP contribution in [0, 0.1) is 17.8 Å². The summed E-state index contributed by atoms with van der Waals surface area (Å²) in [5.74, 6) is 4.60. The average Bonchev–Trinajstić information content (AvgIpc) is 3.00. The second-order valence-electron chi connectivity index (χ2n) is 13.6. The normalized spacial score (nSPS) is 28.9. The predicted octanol–water partition coefficient (Wildman–Crippen LogP) is 8.68. The molecule has 4 bridgehead atoms. The number of rotatable bonds is 11. The Hall–Kier alpha value is -2.31. The summed E-state index contributed by atoms with van der Waals surface area (Å²) in [6.07, 6.45) is 11.7. The standard InChI is InChI=1S/C37H47NO4.ClH/c1-26(39-2)41-25-42-36-21-30-11-12-31(35-10-6-7-13-38(35)14-15-40-33-8-4-3-5-9-33)19-32(30)20-34(36)37-22-27-16-28(23-37)18-29(17-27)24-37;/h3-5,8-9,11-12,19-21,26-29,35H,6-7,10,13-18,22-25H2,1-2H3;1H. The Kier molecular flexibility index (Phi) is 9.54. The molecule has 5 fully saturated rings. The highest BCUT2D eigenvalue weighted by Gasteiger charge is 2.52. The summed E-state index contributed by atoms with van der Waals surface area (Å²) in [4.78, 5) is 2.64. The van der Waals surface area contributed by atoms with E-state index in [-0.39, 0.29) is 30.9 Å². The first-order valence-electron chi connectivity index (χ1n) is 16.4. The van der Waals surface area contributed by atoms with E-state index >= 15 is 0 Å². The third kappa shape index (κ3) is 6.56. The molecule has 5 nitrogen and oxygen atoms in total. The topological polar surface area (TPSA) is 40.2 Å². The van der Waals surface area contributed by atoms with Crippen LogP contribution in [-0.2, 0) is 14.9 Å². The van der Waals surface area contributed by atoms with Gasteiger partial charge < -0.3 is 18.9 Å². The van der Waals surface area contributed by atoms with E-state index in [1.54, 1.807) is 7.11 Å². The molecule has 8 rings (SSSR count). The van der Waals surface area contributed by atoms with Crippen LogP contribution in [0.4, 0.5) is 0 Å². The second kappa shape index (κ2) is 13.4. The van der Waals surface area contributed by atoms with E-state index in [4.69, 9.17) is 18.9 Å². The third-order valence-electron chi connectivity index (χ3n) is 10.8. The first-order valence-corrected chi connectivity index (χ1v) is 16.4. The molecule has 1 aliphatic heterocycles. The Balaban J connectivity index is 0.00000329. The molecular weight excluding hydrogens is 558 g/mol. The number of hydrogen-bond donors (Lipinski definition) is 0. The van der Waals surface area contributed by atoms with Gasteiger partial charge in [0.15, 0.2) is 13.1 Å². The van der Waals surface area contributed by atoms with Crippen molar-refractivity contribution in [2.45, 2.75) is 82.5 Å². The van der Waals surface area contributed by atoms with Gasteiger partial charge in [0.1, 0.15) is 18.1 Å². The highest BCUT2D eigenvalue weighted by atomic mass is 35.5. The van der Waals surface area contributed by atoms with Gasteiger partial charge in [0.05, 0.1) is 0 Å². The molecule has 6 heteroatoms. The maximum atomic E-state index is 6.43. The molecule has 43 heavy (non-hydrogen) atoms. The van der Waals surface area contributed by atoms with Gasteiger partial charge in [0.2, 0.25) is 0 Å². The van der Waals surface area contributed by atoms with Gasteiger partial charge in [-0.3, -0.25) is 4.90 Å². The van der Waals surface area contributed by atoms with Crippen molar-refractivity contribution in [1.82, 2.24) is 4.90 Å². The number of halogens is 1. The molecule has 232 valence electrons. The quantitative estimate of drug-likeness (QED) is 0.205. The van der Waals surface area contributed by atoms with Gasteiger partial charge in [0.25, 0.3) is 0 Å². The van der Waals surface area contributed by atoms with Crippen molar-refractivity contribution in [2.75, 3.05) is 33.6 Å². The summed E-state index contributed by atoms with van der Waals surface area (Å²) in [5, 5.41) is 2.60. The van der Waals surface area contributed by atoms with Gasteiger partial charge in [-0.05, 0) is 135 Å². The van der Waals surface area contributed by atoms with Crippen LogP contribution < -0.4 is 9.47 Å². The predicted molar refractivity (Wildman–Crippen MR) is 174 cm³/mol. The van der Waals surface area contributed by atoms with Crippen LogP contribution in [0.15, 0.2) is 60.7 Å². The lowest BCUT2D eigenvalue weighted by Crippen LogP contribution is -2.48. The number of fused-ring (bicyclic) bond motifs is 1. The number of nitrogens with zero attached hydrogens (tertiary/aromatic N) is 1. The van der Waals surface area contributed by atoms with Crippen molar-refractivity contribution in [2.24, 2.45) is 17.8 Å². The number of benzene rings is 3. The van der Waals surface area contributed by atoms with Crippen LogP contribution in [0.2, 0.25) is 0 Å². The van der Waals surface area contributed by atoms with Crippen LogP contribution >= 0.6 is 12.4 Å². The van der Waals surface area contributed by atoms with E-state index < -0.39 is 0 Å². The number of piperidine rings is 1. The molecule has 0 N–H and O–H groups in total. The fourth-order valence-corrected chi connectivity index (χ4v) is 9.17. The van der Waals surface area contributed by atoms with Crippen LogP contribution in [0.3, 0.4) is 0 Å². The maximum Gasteiger partial charge on any atom is 0.191 e. The summed E-state index contributed by atoms with van der Waals surface area (Å²) in [6, 6.07) is 22.6. The minimum atomic E-state index is -0.285. The van der Waals surface area contributed by atoms with Crippen LogP contribution in [-0.4, -0.2) is 44.8 Å². The van der Waals surface area contributed by atoms with Gasteiger partial charge in [-0.15, -0.1) is 12.4 Å². The van der Waals surface area contributed by atoms with Crippen molar-refractivity contribution in [1.29, 1.82) is 0 Å². The Labute approximate surface area is 263 Å². The SMILES string of the molecule is COC(C)OCOc1cc2ccc(C3CCCCN3CCOc3ccccc3)cc2cc1C12CC3CC(CC(C3)C1)C2.Cl. The van der Waals surface area contributed by atoms with E-state index in [1.165, 1.54) is 79.7 Å². The van der Waals surface area contributed by atoms with E-state index in [1.807, 2.05) is 37.3 Å². The zero-order valence-electron chi connectivity index (χ0n) is 25.8. The lowest BCUT2D eigenvalue weighted by molar-refractivity contribution is -0.150. The van der Waals surface area contributed by atoms with Crippen LogP contribution in [0.25, 0.3) is 10.8 Å². The molecule has 2 atom stereocenters. The van der Waals surface area contributed by atoms with E-state index in [9.17, 15) is 0 Å². The number of likely N-dealkylation sites (tertiary alicyclic amines) is 1. The summed E-state index contributed by atoms with van der Waals surface area (Å²) < 4.78 is 23.6. The Bertz CT molecular complexity index is 1330. The molecule has 1 heterocycles. The maximum absolute atomic E-state index is 6.43. The first-order chi connectivity index (χ1) is 20.6. The van der Waals surface area contributed by atoms with Gasteiger partial charge in [-0.2, -0.15) is 0 Å². The van der Waals surface area contributed by atoms with Crippen molar-refractivity contribution in [3.05, 3.63) is 71.8 Å². The Morgan fingerprint density at radius 2 is 1.60 bits per heavy atom. The minimum absolute atomic E-state index is 0. The van der Waals surface area contributed by atoms with E-state index in [2.05, 4.69) is 35.2 Å². The van der Waals surface area contributed by atoms with Gasteiger partial charge in [-0.1, -0.05) is 36.8 Å². The van der Waals surface area contributed by atoms with Crippen molar-refractivity contribution in [3.8, 4) is 11.5 Å². The smallest absolute Gasteiger partial charge is 0.191 e. The molecule has 0 spiro atoms. The number of ether oxygens (including phenoxy) is 4. The summed E-state index contributed by atoms with van der Waals surface area (Å²) >= 11 is 0. The molecule has 4 aliphatic carbocycles. The summed E-state index contributed by atoms with van der Waals surface area (Å²) in [6.45, 7) is 4.91. The highest BCUT2D eigenvalue weighted by Crippen LogP contribution is 2.62. The molecule has 0 aromatic heterocycles. The Morgan fingerprint density at radius 3 is 2.33 bits per heavy atom. The second-order valence-corrected chi connectivity index (χ2v) is 13.6. The lowest BCUT2D eigenvalue weighted by atomic mass is 9.48. The van der Waals surface area contributed by atoms with Gasteiger partial charge in [0, 0.05) is 25.3 Å². The van der Waals surface area contributed by atoms with Gasteiger partial charge >= 0.3 is 0 Å². The Morgan fingerprint density at radius 1 is 0.860 bits per heavy atom. The highest BCUT2D eigenvalue weighted by molar-refractivity contribution is 5.86. The molecule has 4 saturated carbocycles.